The Balaban J connectivity index is 2.34. The summed E-state index contributed by atoms with van der Waals surface area (Å²) in [5.41, 5.74) is 0.799. The van der Waals surface area contributed by atoms with Crippen LogP contribution in [0.25, 0.3) is 0 Å². The molecule has 1 unspecified atom stereocenters. The van der Waals surface area contributed by atoms with Crippen LogP contribution >= 0.6 is 0 Å². The van der Waals surface area contributed by atoms with Gasteiger partial charge in [-0.25, -0.2) is 9.69 Å². The molecular weight excluding hydrogens is 254 g/mol. The lowest BCUT2D eigenvalue weighted by Crippen LogP contribution is -2.40. The van der Waals surface area contributed by atoms with Crippen LogP contribution < -0.4 is 5.32 Å². The van der Waals surface area contributed by atoms with Crippen molar-refractivity contribution in [1.29, 1.82) is 5.26 Å². The topological polar surface area (TPSA) is 73.2 Å². The van der Waals surface area contributed by atoms with E-state index < -0.39 is 11.6 Å². The fourth-order valence-corrected chi connectivity index (χ4v) is 2.31. The lowest BCUT2D eigenvalue weighted by molar-refractivity contribution is -0.130. The Labute approximate surface area is 118 Å². The van der Waals surface area contributed by atoms with Gasteiger partial charge in [-0.2, -0.15) is 5.26 Å². The molecule has 0 aromatic heterocycles. The van der Waals surface area contributed by atoms with Crippen LogP contribution in [0.2, 0.25) is 0 Å². The highest BCUT2D eigenvalue weighted by atomic mass is 16.2. The average molecular weight is 271 g/mol. The van der Waals surface area contributed by atoms with Gasteiger partial charge in [0.2, 0.25) is 0 Å². The summed E-state index contributed by atoms with van der Waals surface area (Å²) >= 11 is 0. The first kappa shape index (κ1) is 14.1. The third-order valence-electron chi connectivity index (χ3n) is 3.66. The van der Waals surface area contributed by atoms with Crippen LogP contribution in [0, 0.1) is 11.3 Å². The molecule has 0 aliphatic carbocycles. The van der Waals surface area contributed by atoms with Gasteiger partial charge in [0, 0.05) is 0 Å². The van der Waals surface area contributed by atoms with Crippen molar-refractivity contribution < 1.29 is 9.59 Å². The normalized spacial score (nSPS) is 22.1. The second kappa shape index (κ2) is 4.97. The lowest BCUT2D eigenvalue weighted by atomic mass is 9.90. The third-order valence-corrected chi connectivity index (χ3v) is 3.66. The minimum Gasteiger partial charge on any atom is -0.319 e. The molecular formula is C15H17N3O2. The predicted octanol–water partition coefficient (Wildman–Crippen LogP) is 2.10. The van der Waals surface area contributed by atoms with Gasteiger partial charge in [0.1, 0.15) is 12.1 Å². The van der Waals surface area contributed by atoms with Crippen molar-refractivity contribution in [2.24, 2.45) is 0 Å². The van der Waals surface area contributed by atoms with Gasteiger partial charge < -0.3 is 5.32 Å². The smallest absolute Gasteiger partial charge is 0.319 e. The number of carbonyl (C=O) groups is 2. The molecule has 1 saturated heterocycles. The van der Waals surface area contributed by atoms with Crippen molar-refractivity contribution >= 4 is 11.9 Å². The molecule has 2 rings (SSSR count). The van der Waals surface area contributed by atoms with E-state index in [1.54, 1.807) is 6.92 Å². The first-order valence-corrected chi connectivity index (χ1v) is 6.51. The molecule has 1 N–H and O–H groups in total. The minimum absolute atomic E-state index is 0.232. The number of rotatable bonds is 3. The van der Waals surface area contributed by atoms with Gasteiger partial charge in [0.15, 0.2) is 0 Å². The summed E-state index contributed by atoms with van der Waals surface area (Å²) in [5, 5.41) is 11.3. The highest BCUT2D eigenvalue weighted by molar-refractivity contribution is 6.07. The molecule has 1 heterocycles. The van der Waals surface area contributed by atoms with E-state index >= 15 is 0 Å². The maximum Gasteiger partial charge on any atom is 0.326 e. The van der Waals surface area contributed by atoms with Gasteiger partial charge in [0.05, 0.1) is 6.07 Å². The summed E-state index contributed by atoms with van der Waals surface area (Å²) in [7, 11) is 0. The van der Waals surface area contributed by atoms with Crippen LogP contribution in [0.1, 0.15) is 37.8 Å². The van der Waals surface area contributed by atoms with E-state index in [-0.39, 0.29) is 12.5 Å². The molecule has 3 amide bonds. The number of urea groups is 1. The number of imide groups is 1. The Kier molecular flexibility index (Phi) is 3.49. The minimum atomic E-state index is -1.09. The van der Waals surface area contributed by atoms with E-state index in [0.29, 0.717) is 5.92 Å². The summed E-state index contributed by atoms with van der Waals surface area (Å²) in [6, 6.07) is 8.92. The zero-order valence-electron chi connectivity index (χ0n) is 11.8. The number of nitrogens with zero attached hydrogens (tertiary/aromatic N) is 2. The van der Waals surface area contributed by atoms with Crippen LogP contribution in [0.3, 0.4) is 0 Å². The number of hydrogen-bond donors (Lipinski definition) is 1. The molecule has 1 aliphatic heterocycles. The molecule has 0 radical (unpaired) electrons. The number of hydrogen-bond acceptors (Lipinski definition) is 3. The summed E-state index contributed by atoms with van der Waals surface area (Å²) in [6.07, 6.45) is 0. The van der Waals surface area contributed by atoms with Crippen LogP contribution in [0.15, 0.2) is 24.3 Å². The number of amides is 3. The van der Waals surface area contributed by atoms with E-state index in [2.05, 4.69) is 19.2 Å². The maximum absolute atomic E-state index is 12.3. The van der Waals surface area contributed by atoms with Gasteiger partial charge in [-0.15, -0.1) is 0 Å². The molecule has 0 saturated carbocycles. The van der Waals surface area contributed by atoms with Crippen LogP contribution in [0.5, 0.6) is 0 Å². The lowest BCUT2D eigenvalue weighted by Gasteiger charge is -2.22. The summed E-state index contributed by atoms with van der Waals surface area (Å²) in [5.74, 6) is 0.0159. The molecule has 20 heavy (non-hydrogen) atoms. The Hall–Kier alpha value is -2.35. The van der Waals surface area contributed by atoms with E-state index in [9.17, 15) is 9.59 Å². The monoisotopic (exact) mass is 271 g/mol. The van der Waals surface area contributed by atoms with Crippen molar-refractivity contribution in [3.8, 4) is 6.07 Å². The summed E-state index contributed by atoms with van der Waals surface area (Å²) in [6.45, 7) is 5.61. The van der Waals surface area contributed by atoms with E-state index in [4.69, 9.17) is 5.26 Å². The van der Waals surface area contributed by atoms with Crippen LogP contribution in [-0.2, 0) is 10.3 Å². The largest absolute Gasteiger partial charge is 0.326 e. The highest BCUT2D eigenvalue weighted by Gasteiger charge is 2.48. The molecule has 5 nitrogen and oxygen atoms in total. The Morgan fingerprint density at radius 1 is 1.30 bits per heavy atom. The Morgan fingerprint density at radius 2 is 1.90 bits per heavy atom. The fraction of sp³-hybridized carbons (Fsp3) is 0.400. The van der Waals surface area contributed by atoms with E-state index in [1.165, 1.54) is 5.56 Å². The van der Waals surface area contributed by atoms with Gasteiger partial charge in [-0.1, -0.05) is 38.1 Å². The highest BCUT2D eigenvalue weighted by Crippen LogP contribution is 2.29. The van der Waals surface area contributed by atoms with E-state index in [1.807, 2.05) is 30.3 Å². The Bertz CT molecular complexity index is 586. The first-order valence-electron chi connectivity index (χ1n) is 6.51. The van der Waals surface area contributed by atoms with Crippen molar-refractivity contribution in [3.63, 3.8) is 0 Å². The standard InChI is InChI=1S/C15H17N3O2/c1-10(2)11-4-6-12(7-5-11)15(3)13(19)18(9-8-16)14(20)17-15/h4-7,10H,9H2,1-3H3,(H,17,20). The number of carbonyl (C=O) groups excluding carboxylic acids is 2. The quantitative estimate of drug-likeness (QED) is 0.676. The second-order valence-corrected chi connectivity index (χ2v) is 5.38. The molecule has 1 aliphatic rings. The zero-order valence-corrected chi connectivity index (χ0v) is 11.8. The third kappa shape index (κ3) is 2.14. The first-order chi connectivity index (χ1) is 9.40. The van der Waals surface area contributed by atoms with Crippen molar-refractivity contribution in [2.75, 3.05) is 6.54 Å². The number of nitrogens with one attached hydrogen (secondary N) is 1. The van der Waals surface area contributed by atoms with Gasteiger partial charge in [0.25, 0.3) is 5.91 Å². The number of nitriles is 1. The zero-order chi connectivity index (χ0) is 14.9. The fourth-order valence-electron chi connectivity index (χ4n) is 2.31. The van der Waals surface area contributed by atoms with Crippen molar-refractivity contribution in [1.82, 2.24) is 10.2 Å². The van der Waals surface area contributed by atoms with Crippen LogP contribution in [-0.4, -0.2) is 23.4 Å². The Morgan fingerprint density at radius 3 is 2.40 bits per heavy atom. The van der Waals surface area contributed by atoms with Crippen LogP contribution in [0.4, 0.5) is 4.79 Å². The SMILES string of the molecule is CC(C)c1ccc(C2(C)NC(=O)N(CC#N)C2=O)cc1. The molecule has 0 bridgehead atoms. The van der Waals surface area contributed by atoms with E-state index in [0.717, 1.165) is 10.5 Å². The number of benzene rings is 1. The second-order valence-electron chi connectivity index (χ2n) is 5.38. The van der Waals surface area contributed by atoms with Gasteiger partial charge in [-0.05, 0) is 24.0 Å². The molecule has 1 aromatic carbocycles. The average Bonchev–Trinajstić information content (AvgIpc) is 2.64. The van der Waals surface area contributed by atoms with Gasteiger partial charge in [-0.3, -0.25) is 4.79 Å². The molecule has 5 heteroatoms. The molecule has 0 spiro atoms. The van der Waals surface area contributed by atoms with Gasteiger partial charge >= 0.3 is 6.03 Å². The maximum atomic E-state index is 12.3. The van der Waals surface area contributed by atoms with Crippen molar-refractivity contribution in [3.05, 3.63) is 35.4 Å². The molecule has 1 atom stereocenters. The summed E-state index contributed by atoms with van der Waals surface area (Å²) < 4.78 is 0. The van der Waals surface area contributed by atoms with Crippen molar-refractivity contribution in [2.45, 2.75) is 32.2 Å². The molecule has 1 fully saturated rings. The predicted molar refractivity (Wildman–Crippen MR) is 73.7 cm³/mol. The molecule has 104 valence electrons. The summed E-state index contributed by atoms with van der Waals surface area (Å²) in [4.78, 5) is 25.1. The molecule has 1 aromatic rings.